The molecule has 3 aromatic rings. The molecule has 2 aliphatic rings. The van der Waals surface area contributed by atoms with Gasteiger partial charge in [-0.25, -0.2) is 13.4 Å². The van der Waals surface area contributed by atoms with Crippen LogP contribution in [0.3, 0.4) is 0 Å². The molecule has 13 heteroatoms. The largest absolute Gasteiger partial charge is 0.497 e. The Morgan fingerprint density at radius 2 is 2.03 bits per heavy atom. The van der Waals surface area contributed by atoms with Crippen LogP contribution < -0.4 is 9.64 Å². The van der Waals surface area contributed by atoms with E-state index in [0.29, 0.717) is 48.6 Å². The lowest BCUT2D eigenvalue weighted by Gasteiger charge is -2.30. The average Bonchev–Trinajstić information content (AvgIpc) is 3.66. The van der Waals surface area contributed by atoms with Gasteiger partial charge < -0.3 is 9.47 Å². The minimum absolute atomic E-state index is 0.156. The number of nitrogens with zero attached hydrogens (tertiary/aromatic N) is 4. The molecule has 5 rings (SSSR count). The van der Waals surface area contributed by atoms with Crippen LogP contribution >= 0.6 is 34.3 Å². The molecule has 0 radical (unpaired) electrons. The molecule has 9 nitrogen and oxygen atoms in total. The zero-order valence-electron chi connectivity index (χ0n) is 20.5. The van der Waals surface area contributed by atoms with E-state index in [-0.39, 0.29) is 10.1 Å². The van der Waals surface area contributed by atoms with Crippen LogP contribution in [-0.2, 0) is 19.6 Å². The number of ether oxygens (including phenoxy) is 2. The molecule has 1 amide bonds. The lowest BCUT2D eigenvalue weighted by atomic mass is 10.2. The summed E-state index contributed by atoms with van der Waals surface area (Å²) in [5.74, 6) is 0.479. The van der Waals surface area contributed by atoms with Crippen LogP contribution in [-0.4, -0.2) is 87.6 Å². The average molecular weight is 585 g/mol. The number of aromatic nitrogens is 1. The van der Waals surface area contributed by atoms with E-state index < -0.39 is 16.1 Å². The minimum Gasteiger partial charge on any atom is -0.497 e. The number of anilines is 1. The number of hydrogen-bond donors (Lipinski definition) is 0. The fourth-order valence-corrected chi connectivity index (χ4v) is 9.01. The van der Waals surface area contributed by atoms with Crippen molar-refractivity contribution in [1.82, 2.24) is 14.2 Å². The van der Waals surface area contributed by atoms with Gasteiger partial charge in [-0.05, 0) is 49.6 Å². The van der Waals surface area contributed by atoms with Crippen LogP contribution in [0.2, 0.25) is 4.34 Å². The number of carbonyl (C=O) groups excluding carboxylic acids is 1. The third-order valence-corrected chi connectivity index (χ3v) is 11.3. The highest BCUT2D eigenvalue weighted by molar-refractivity contribution is 7.91. The molecule has 1 aromatic carbocycles. The summed E-state index contributed by atoms with van der Waals surface area (Å²) in [4.78, 5) is 22.8. The number of carbonyl (C=O) groups is 1. The van der Waals surface area contributed by atoms with Crippen LogP contribution in [0, 0.1) is 0 Å². The third kappa shape index (κ3) is 5.80. The molecule has 2 aromatic heterocycles. The number of thiazole rings is 1. The summed E-state index contributed by atoms with van der Waals surface area (Å²) in [5.41, 5.74) is 0.774. The summed E-state index contributed by atoms with van der Waals surface area (Å²) in [6.45, 7) is 4.73. The van der Waals surface area contributed by atoms with Crippen LogP contribution in [0.5, 0.6) is 5.75 Å². The predicted molar refractivity (Wildman–Crippen MR) is 147 cm³/mol. The van der Waals surface area contributed by atoms with Gasteiger partial charge in [0.2, 0.25) is 5.91 Å². The van der Waals surface area contributed by atoms with E-state index >= 15 is 0 Å². The molecule has 200 valence electrons. The Kier molecular flexibility index (Phi) is 8.34. The zero-order chi connectivity index (χ0) is 26.0. The Hall–Kier alpha value is -1.80. The van der Waals surface area contributed by atoms with E-state index in [1.807, 2.05) is 18.2 Å². The Morgan fingerprint density at radius 3 is 2.76 bits per heavy atom. The lowest BCUT2D eigenvalue weighted by molar-refractivity contribution is -0.121. The Balaban J connectivity index is 1.41. The first-order chi connectivity index (χ1) is 17.9. The van der Waals surface area contributed by atoms with Crippen LogP contribution in [0.4, 0.5) is 5.13 Å². The molecular weight excluding hydrogens is 556 g/mol. The molecule has 0 aliphatic carbocycles. The summed E-state index contributed by atoms with van der Waals surface area (Å²) in [6.07, 6.45) is 1.83. The third-order valence-electron chi connectivity index (χ3n) is 6.64. The van der Waals surface area contributed by atoms with Gasteiger partial charge in [0.15, 0.2) is 5.13 Å². The molecular formula is C24H29ClN4O5S3. The van der Waals surface area contributed by atoms with Crippen LogP contribution in [0.25, 0.3) is 10.2 Å². The number of halogens is 1. The molecule has 37 heavy (non-hydrogen) atoms. The second-order valence-corrected chi connectivity index (χ2v) is 13.8. The highest BCUT2D eigenvalue weighted by atomic mass is 35.5. The van der Waals surface area contributed by atoms with Crippen molar-refractivity contribution in [3.8, 4) is 5.75 Å². The smallest absolute Gasteiger partial charge is 0.253 e. The fourth-order valence-electron chi connectivity index (χ4n) is 4.72. The fraction of sp³-hybridized carbons (Fsp3) is 0.500. The normalized spacial score (nSPS) is 19.5. The second kappa shape index (κ2) is 11.5. The topological polar surface area (TPSA) is 92.3 Å². The molecule has 0 spiro atoms. The Labute approximate surface area is 229 Å². The van der Waals surface area contributed by atoms with E-state index in [1.54, 1.807) is 18.1 Å². The van der Waals surface area contributed by atoms with Crippen molar-refractivity contribution < 1.29 is 22.7 Å². The molecule has 2 saturated heterocycles. The second-order valence-electron chi connectivity index (χ2n) is 8.96. The summed E-state index contributed by atoms with van der Waals surface area (Å²) < 4.78 is 40.4. The van der Waals surface area contributed by atoms with Crippen molar-refractivity contribution in [3.63, 3.8) is 0 Å². The highest BCUT2D eigenvalue weighted by Crippen LogP contribution is 2.36. The Morgan fingerprint density at radius 1 is 1.22 bits per heavy atom. The zero-order valence-corrected chi connectivity index (χ0v) is 23.7. The number of sulfonamides is 1. The van der Waals surface area contributed by atoms with Crippen LogP contribution in [0.1, 0.15) is 19.3 Å². The van der Waals surface area contributed by atoms with Gasteiger partial charge >= 0.3 is 0 Å². The van der Waals surface area contributed by atoms with Crippen molar-refractivity contribution in [2.45, 2.75) is 29.5 Å². The summed E-state index contributed by atoms with van der Waals surface area (Å²) in [6, 6.07) is 7.91. The number of benzene rings is 1. The molecule has 0 bridgehead atoms. The summed E-state index contributed by atoms with van der Waals surface area (Å²) in [7, 11) is -2.22. The van der Waals surface area contributed by atoms with E-state index in [9.17, 15) is 13.2 Å². The van der Waals surface area contributed by atoms with E-state index in [0.717, 1.165) is 53.4 Å². The van der Waals surface area contributed by atoms with Gasteiger partial charge in [0, 0.05) is 32.7 Å². The number of morpholine rings is 1. The van der Waals surface area contributed by atoms with Gasteiger partial charge in [0.1, 0.15) is 16.0 Å². The molecule has 0 saturated carbocycles. The minimum atomic E-state index is -3.83. The molecule has 4 heterocycles. The maximum atomic E-state index is 14.0. The van der Waals surface area contributed by atoms with Gasteiger partial charge in [0.05, 0.1) is 34.9 Å². The van der Waals surface area contributed by atoms with Crippen molar-refractivity contribution in [1.29, 1.82) is 0 Å². The molecule has 0 N–H and O–H groups in total. The maximum absolute atomic E-state index is 14.0. The van der Waals surface area contributed by atoms with E-state index in [2.05, 4.69) is 4.90 Å². The molecule has 1 atom stereocenters. The van der Waals surface area contributed by atoms with Gasteiger partial charge in [-0.1, -0.05) is 22.9 Å². The van der Waals surface area contributed by atoms with Crippen molar-refractivity contribution in [3.05, 3.63) is 34.7 Å². The number of rotatable bonds is 9. The lowest BCUT2D eigenvalue weighted by Crippen LogP contribution is -2.48. The van der Waals surface area contributed by atoms with Gasteiger partial charge in [-0.15, -0.1) is 11.3 Å². The monoisotopic (exact) mass is 584 g/mol. The number of thiophene rings is 1. The number of methoxy groups -OCH3 is 1. The summed E-state index contributed by atoms with van der Waals surface area (Å²) >= 11 is 8.44. The summed E-state index contributed by atoms with van der Waals surface area (Å²) in [5, 5.41) is 0.568. The molecule has 1 unspecified atom stereocenters. The first-order valence-corrected chi connectivity index (χ1v) is 15.6. The molecule has 2 fully saturated rings. The standard InChI is InChI=1S/C24H29ClN4O5S3/c1-33-17-5-6-18-20(16-17)35-24(26-18)28(10-3-9-27-12-14-34-15-13-27)23(30)19-4-2-11-29(19)37(31,32)22-8-7-21(25)36-22/h5-8,16,19H,2-4,9-15H2,1H3. The number of hydrogen-bond acceptors (Lipinski definition) is 9. The Bertz CT molecular complexity index is 1360. The van der Waals surface area contributed by atoms with Crippen molar-refractivity contribution in [2.24, 2.45) is 0 Å². The number of amides is 1. The van der Waals surface area contributed by atoms with E-state index in [4.69, 9.17) is 26.1 Å². The SMILES string of the molecule is COc1ccc2nc(N(CCCN3CCOCC3)C(=O)C3CCCN3S(=O)(=O)c3ccc(Cl)s3)sc2c1. The van der Waals surface area contributed by atoms with Gasteiger partial charge in [-0.3, -0.25) is 14.6 Å². The first-order valence-electron chi connectivity index (χ1n) is 12.2. The first kappa shape index (κ1) is 26.8. The highest BCUT2D eigenvalue weighted by Gasteiger charge is 2.42. The number of fused-ring (bicyclic) bond motifs is 1. The quantitative estimate of drug-likeness (QED) is 0.376. The van der Waals surface area contributed by atoms with Gasteiger partial charge in [-0.2, -0.15) is 4.31 Å². The molecule has 2 aliphatic heterocycles. The van der Waals surface area contributed by atoms with Crippen LogP contribution in [0.15, 0.2) is 34.5 Å². The van der Waals surface area contributed by atoms with Crippen molar-refractivity contribution in [2.75, 3.05) is 57.9 Å². The van der Waals surface area contributed by atoms with Gasteiger partial charge in [0.25, 0.3) is 10.0 Å². The predicted octanol–water partition coefficient (Wildman–Crippen LogP) is 3.93. The maximum Gasteiger partial charge on any atom is 0.253 e. The van der Waals surface area contributed by atoms with E-state index in [1.165, 1.54) is 21.7 Å². The van der Waals surface area contributed by atoms with Crippen molar-refractivity contribution >= 4 is 65.6 Å².